The fourth-order valence-electron chi connectivity index (χ4n) is 2.81. The Labute approximate surface area is 131 Å². The number of halogens is 1. The lowest BCUT2D eigenvalue weighted by Gasteiger charge is -2.26. The number of fused-ring (bicyclic) bond motifs is 1. The van der Waals surface area contributed by atoms with Gasteiger partial charge in [0, 0.05) is 23.0 Å². The van der Waals surface area contributed by atoms with Crippen molar-refractivity contribution in [2.75, 3.05) is 13.2 Å². The van der Waals surface area contributed by atoms with Crippen LogP contribution in [0.5, 0.6) is 5.75 Å². The normalized spacial score (nSPS) is 17.1. The zero-order valence-electron chi connectivity index (χ0n) is 12.0. The first-order valence-corrected chi connectivity index (χ1v) is 7.91. The Bertz CT molecular complexity index is 599. The molecule has 3 heteroatoms. The van der Waals surface area contributed by atoms with Crippen LogP contribution in [0, 0.1) is 0 Å². The molecule has 0 unspecified atom stereocenters. The molecule has 1 aliphatic rings. The second kappa shape index (κ2) is 6.97. The van der Waals surface area contributed by atoms with Crippen LogP contribution in [0.2, 0.25) is 5.02 Å². The summed E-state index contributed by atoms with van der Waals surface area (Å²) in [5, 5.41) is 4.51. The Morgan fingerprint density at radius 2 is 1.90 bits per heavy atom. The number of ether oxygens (including phenoxy) is 1. The molecule has 0 bridgehead atoms. The fraction of sp³-hybridized carbons (Fsp3) is 0.333. The molecular formula is C18H20ClNO. The van der Waals surface area contributed by atoms with Crippen LogP contribution in [0.1, 0.15) is 30.0 Å². The minimum atomic E-state index is 0.404. The standard InChI is InChI=1S/C18H20ClNO/c19-16-9-3-1-6-14(16)7-5-12-20-17-11-13-21-18-10-4-2-8-15(17)18/h1-4,6,8-10,17,20H,5,7,11-13H2/t17-/m1/s1. The Balaban J connectivity index is 1.52. The van der Waals surface area contributed by atoms with Gasteiger partial charge in [-0.2, -0.15) is 0 Å². The maximum Gasteiger partial charge on any atom is 0.124 e. The van der Waals surface area contributed by atoms with Crippen molar-refractivity contribution < 1.29 is 4.74 Å². The minimum absolute atomic E-state index is 0.404. The highest BCUT2D eigenvalue weighted by atomic mass is 35.5. The van der Waals surface area contributed by atoms with Gasteiger partial charge in [-0.25, -0.2) is 0 Å². The van der Waals surface area contributed by atoms with Crippen molar-refractivity contribution in [1.29, 1.82) is 0 Å². The molecule has 0 aliphatic carbocycles. The van der Waals surface area contributed by atoms with E-state index in [4.69, 9.17) is 16.3 Å². The van der Waals surface area contributed by atoms with Crippen LogP contribution in [-0.4, -0.2) is 13.2 Å². The first kappa shape index (κ1) is 14.4. The van der Waals surface area contributed by atoms with E-state index in [1.54, 1.807) is 0 Å². The number of nitrogens with one attached hydrogen (secondary N) is 1. The van der Waals surface area contributed by atoms with E-state index in [1.807, 2.05) is 30.3 Å². The summed E-state index contributed by atoms with van der Waals surface area (Å²) in [6, 6.07) is 16.8. The summed E-state index contributed by atoms with van der Waals surface area (Å²) in [4.78, 5) is 0. The third-order valence-electron chi connectivity index (χ3n) is 3.93. The lowest BCUT2D eigenvalue weighted by molar-refractivity contribution is 0.252. The number of aryl methyl sites for hydroxylation is 1. The van der Waals surface area contributed by atoms with Gasteiger partial charge >= 0.3 is 0 Å². The van der Waals surface area contributed by atoms with Crippen molar-refractivity contribution in [2.45, 2.75) is 25.3 Å². The smallest absolute Gasteiger partial charge is 0.124 e. The Kier molecular flexibility index (Phi) is 4.79. The van der Waals surface area contributed by atoms with Crippen LogP contribution in [0.25, 0.3) is 0 Å². The summed E-state index contributed by atoms with van der Waals surface area (Å²) in [6.07, 6.45) is 3.13. The summed E-state index contributed by atoms with van der Waals surface area (Å²) in [7, 11) is 0. The quantitative estimate of drug-likeness (QED) is 0.827. The Morgan fingerprint density at radius 3 is 2.81 bits per heavy atom. The molecule has 1 aliphatic heterocycles. The lowest BCUT2D eigenvalue weighted by atomic mass is 10.0. The Morgan fingerprint density at radius 1 is 1.10 bits per heavy atom. The van der Waals surface area contributed by atoms with Gasteiger partial charge in [0.1, 0.15) is 5.75 Å². The van der Waals surface area contributed by atoms with E-state index < -0.39 is 0 Å². The molecule has 1 heterocycles. The summed E-state index contributed by atoms with van der Waals surface area (Å²) < 4.78 is 5.69. The highest BCUT2D eigenvalue weighted by Gasteiger charge is 2.19. The predicted octanol–water partition coefficient (Wildman–Crippen LogP) is 4.39. The molecule has 3 rings (SSSR count). The number of hydrogen-bond acceptors (Lipinski definition) is 2. The molecule has 0 spiro atoms. The van der Waals surface area contributed by atoms with E-state index in [9.17, 15) is 0 Å². The summed E-state index contributed by atoms with van der Waals surface area (Å²) in [6.45, 7) is 1.78. The third kappa shape index (κ3) is 3.58. The van der Waals surface area contributed by atoms with Crippen molar-refractivity contribution in [3.63, 3.8) is 0 Å². The van der Waals surface area contributed by atoms with E-state index in [2.05, 4.69) is 23.5 Å². The average Bonchev–Trinajstić information content (AvgIpc) is 2.53. The maximum atomic E-state index is 6.18. The largest absolute Gasteiger partial charge is 0.493 e. The van der Waals surface area contributed by atoms with Crippen LogP contribution in [-0.2, 0) is 6.42 Å². The molecule has 2 nitrogen and oxygen atoms in total. The molecule has 2 aromatic carbocycles. The predicted molar refractivity (Wildman–Crippen MR) is 87.1 cm³/mol. The SMILES string of the molecule is Clc1ccccc1CCCN[C@@H]1CCOc2ccccc21. The van der Waals surface area contributed by atoms with E-state index in [0.717, 1.165) is 43.2 Å². The maximum absolute atomic E-state index is 6.18. The van der Waals surface area contributed by atoms with Crippen molar-refractivity contribution >= 4 is 11.6 Å². The van der Waals surface area contributed by atoms with E-state index in [0.29, 0.717) is 6.04 Å². The van der Waals surface area contributed by atoms with Gasteiger partial charge in [-0.05, 0) is 37.1 Å². The van der Waals surface area contributed by atoms with Gasteiger partial charge < -0.3 is 10.1 Å². The van der Waals surface area contributed by atoms with Crippen molar-refractivity contribution in [3.8, 4) is 5.75 Å². The minimum Gasteiger partial charge on any atom is -0.493 e. The molecule has 0 saturated carbocycles. The zero-order chi connectivity index (χ0) is 14.5. The Hall–Kier alpha value is -1.51. The second-order valence-corrected chi connectivity index (χ2v) is 5.78. The van der Waals surface area contributed by atoms with Gasteiger partial charge in [0.25, 0.3) is 0 Å². The van der Waals surface area contributed by atoms with Gasteiger partial charge in [-0.1, -0.05) is 48.0 Å². The second-order valence-electron chi connectivity index (χ2n) is 5.38. The molecule has 110 valence electrons. The number of rotatable bonds is 5. The molecule has 2 aromatic rings. The van der Waals surface area contributed by atoms with Crippen molar-refractivity contribution in [1.82, 2.24) is 5.32 Å². The van der Waals surface area contributed by atoms with Gasteiger partial charge in [0.15, 0.2) is 0 Å². The number of benzene rings is 2. The van der Waals surface area contributed by atoms with Crippen molar-refractivity contribution in [2.24, 2.45) is 0 Å². The molecule has 0 saturated heterocycles. The molecule has 0 amide bonds. The topological polar surface area (TPSA) is 21.3 Å². The summed E-state index contributed by atoms with van der Waals surface area (Å²) >= 11 is 6.18. The van der Waals surface area contributed by atoms with Crippen LogP contribution in [0.3, 0.4) is 0 Å². The molecule has 1 N–H and O–H groups in total. The molecule has 0 fully saturated rings. The first-order chi connectivity index (χ1) is 10.3. The number of hydrogen-bond donors (Lipinski definition) is 1. The molecular weight excluding hydrogens is 282 g/mol. The average molecular weight is 302 g/mol. The van der Waals surface area contributed by atoms with Crippen molar-refractivity contribution in [3.05, 3.63) is 64.7 Å². The molecule has 1 atom stereocenters. The molecule has 0 radical (unpaired) electrons. The summed E-state index contributed by atoms with van der Waals surface area (Å²) in [5.74, 6) is 1.02. The highest BCUT2D eigenvalue weighted by Crippen LogP contribution is 2.31. The van der Waals surface area contributed by atoms with E-state index >= 15 is 0 Å². The number of para-hydroxylation sites is 1. The van der Waals surface area contributed by atoms with Gasteiger partial charge in [-0.3, -0.25) is 0 Å². The third-order valence-corrected chi connectivity index (χ3v) is 4.30. The van der Waals surface area contributed by atoms with Gasteiger partial charge in [0.2, 0.25) is 0 Å². The monoisotopic (exact) mass is 301 g/mol. The van der Waals surface area contributed by atoms with E-state index in [-0.39, 0.29) is 0 Å². The van der Waals surface area contributed by atoms with Crippen LogP contribution < -0.4 is 10.1 Å². The molecule has 0 aromatic heterocycles. The lowest BCUT2D eigenvalue weighted by Crippen LogP contribution is -2.28. The first-order valence-electron chi connectivity index (χ1n) is 7.53. The molecule has 21 heavy (non-hydrogen) atoms. The van der Waals surface area contributed by atoms with Crippen LogP contribution >= 0.6 is 11.6 Å². The van der Waals surface area contributed by atoms with Crippen LogP contribution in [0.4, 0.5) is 0 Å². The van der Waals surface area contributed by atoms with Gasteiger partial charge in [-0.15, -0.1) is 0 Å². The van der Waals surface area contributed by atoms with Gasteiger partial charge in [0.05, 0.1) is 6.61 Å². The van der Waals surface area contributed by atoms with E-state index in [1.165, 1.54) is 11.1 Å². The summed E-state index contributed by atoms with van der Waals surface area (Å²) in [5.41, 5.74) is 2.51. The zero-order valence-corrected chi connectivity index (χ0v) is 12.8. The van der Waals surface area contributed by atoms with Crippen LogP contribution in [0.15, 0.2) is 48.5 Å². The fourth-order valence-corrected chi connectivity index (χ4v) is 3.04. The highest BCUT2D eigenvalue weighted by molar-refractivity contribution is 6.31.